The van der Waals surface area contributed by atoms with Crippen molar-refractivity contribution in [2.45, 2.75) is 67.8 Å². The zero-order chi connectivity index (χ0) is 13.8. The normalized spacial score (nSPS) is 25.2. The predicted molar refractivity (Wildman–Crippen MR) is 76.4 cm³/mol. The van der Waals surface area contributed by atoms with Crippen LogP contribution in [0.15, 0.2) is 5.16 Å². The predicted octanol–water partition coefficient (Wildman–Crippen LogP) is 1.94. The molecule has 0 bridgehead atoms. The lowest BCUT2D eigenvalue weighted by atomic mass is 9.96. The largest absolute Gasteiger partial charge is 0.355 e. The Labute approximate surface area is 123 Å². The van der Waals surface area contributed by atoms with Crippen molar-refractivity contribution in [1.29, 1.82) is 0 Å². The summed E-state index contributed by atoms with van der Waals surface area (Å²) in [6.45, 7) is 0.795. The zero-order valence-electron chi connectivity index (χ0n) is 11.6. The topological polar surface area (TPSA) is 72.7 Å². The van der Waals surface area contributed by atoms with Gasteiger partial charge in [-0.1, -0.05) is 37.4 Å². The Morgan fingerprint density at radius 2 is 1.90 bits per heavy atom. The van der Waals surface area contributed by atoms with Crippen molar-refractivity contribution in [3.63, 3.8) is 0 Å². The van der Waals surface area contributed by atoms with Crippen molar-refractivity contribution in [2.75, 3.05) is 6.54 Å². The highest BCUT2D eigenvalue weighted by molar-refractivity contribution is 8.00. The summed E-state index contributed by atoms with van der Waals surface area (Å²) in [5.74, 6) is 0.130. The van der Waals surface area contributed by atoms with Gasteiger partial charge in [0.25, 0.3) is 0 Å². The van der Waals surface area contributed by atoms with Gasteiger partial charge >= 0.3 is 0 Å². The Morgan fingerprint density at radius 1 is 1.10 bits per heavy atom. The minimum Gasteiger partial charge on any atom is -0.355 e. The molecule has 1 N–H and O–H groups in total. The first-order valence-electron chi connectivity index (χ1n) is 7.57. The lowest BCUT2D eigenvalue weighted by Gasteiger charge is -2.22. The summed E-state index contributed by atoms with van der Waals surface area (Å²) < 4.78 is 1.95. The zero-order valence-corrected chi connectivity index (χ0v) is 12.4. The standard InChI is InChI=1S/C13H21N5OS/c19-12-11(8-4-5-9-14-12)20-13-15-16-17-18(13)10-6-2-1-3-7-10/h10-11H,1-9H2,(H,14,19). The van der Waals surface area contributed by atoms with Gasteiger partial charge in [0.1, 0.15) is 0 Å². The van der Waals surface area contributed by atoms with Gasteiger partial charge in [-0.15, -0.1) is 5.10 Å². The maximum absolute atomic E-state index is 12.0. The Kier molecular flexibility index (Phi) is 4.54. The van der Waals surface area contributed by atoms with E-state index >= 15 is 0 Å². The van der Waals surface area contributed by atoms with Gasteiger partial charge in [-0.05, 0) is 36.1 Å². The third kappa shape index (κ3) is 3.13. The van der Waals surface area contributed by atoms with Gasteiger partial charge in [0.15, 0.2) is 0 Å². The Hall–Kier alpha value is -1.11. The van der Waals surface area contributed by atoms with Gasteiger partial charge in [0, 0.05) is 6.54 Å². The molecule has 1 atom stereocenters. The highest BCUT2D eigenvalue weighted by Gasteiger charge is 2.26. The van der Waals surface area contributed by atoms with Crippen LogP contribution < -0.4 is 5.32 Å². The Bertz CT molecular complexity index is 457. The van der Waals surface area contributed by atoms with Gasteiger partial charge in [-0.3, -0.25) is 4.79 Å². The van der Waals surface area contributed by atoms with Crippen LogP contribution >= 0.6 is 11.8 Å². The van der Waals surface area contributed by atoms with E-state index in [4.69, 9.17) is 0 Å². The average molecular weight is 295 g/mol. The lowest BCUT2D eigenvalue weighted by molar-refractivity contribution is -0.120. The van der Waals surface area contributed by atoms with E-state index in [9.17, 15) is 4.79 Å². The molecule has 1 unspecified atom stereocenters. The van der Waals surface area contributed by atoms with Crippen LogP contribution in [0.4, 0.5) is 0 Å². The van der Waals surface area contributed by atoms with E-state index in [0.29, 0.717) is 6.04 Å². The van der Waals surface area contributed by atoms with E-state index in [1.54, 1.807) is 0 Å². The quantitative estimate of drug-likeness (QED) is 0.922. The van der Waals surface area contributed by atoms with Gasteiger partial charge in [-0.2, -0.15) is 0 Å². The molecule has 1 aliphatic heterocycles. The molecule has 2 aliphatic rings. The first-order valence-corrected chi connectivity index (χ1v) is 8.45. The number of carbonyl (C=O) groups is 1. The maximum Gasteiger partial charge on any atom is 0.233 e. The molecule has 1 saturated carbocycles. The number of aromatic nitrogens is 4. The number of hydrogen-bond acceptors (Lipinski definition) is 5. The van der Waals surface area contributed by atoms with Crippen molar-refractivity contribution < 1.29 is 4.79 Å². The fraction of sp³-hybridized carbons (Fsp3) is 0.846. The van der Waals surface area contributed by atoms with Crippen molar-refractivity contribution >= 4 is 17.7 Å². The third-order valence-electron chi connectivity index (χ3n) is 4.12. The van der Waals surface area contributed by atoms with Gasteiger partial charge < -0.3 is 5.32 Å². The smallest absolute Gasteiger partial charge is 0.233 e. The number of rotatable bonds is 3. The van der Waals surface area contributed by atoms with E-state index < -0.39 is 0 Å². The first-order chi connectivity index (χ1) is 9.84. The number of thioether (sulfide) groups is 1. The summed E-state index contributed by atoms with van der Waals surface area (Å²) in [7, 11) is 0. The van der Waals surface area contributed by atoms with Crippen LogP contribution in [0.2, 0.25) is 0 Å². The third-order valence-corrected chi connectivity index (χ3v) is 5.33. The lowest BCUT2D eigenvalue weighted by Crippen LogP contribution is -2.31. The summed E-state index contributed by atoms with van der Waals surface area (Å²) in [5.41, 5.74) is 0. The summed E-state index contributed by atoms with van der Waals surface area (Å²) in [4.78, 5) is 12.0. The highest BCUT2D eigenvalue weighted by atomic mass is 32.2. The van der Waals surface area contributed by atoms with Crippen molar-refractivity contribution in [3.05, 3.63) is 0 Å². The van der Waals surface area contributed by atoms with Crippen molar-refractivity contribution in [1.82, 2.24) is 25.5 Å². The van der Waals surface area contributed by atoms with Gasteiger partial charge in [0.2, 0.25) is 11.1 Å². The van der Waals surface area contributed by atoms with E-state index in [-0.39, 0.29) is 11.2 Å². The van der Waals surface area contributed by atoms with Crippen LogP contribution in [-0.4, -0.2) is 37.9 Å². The molecule has 1 aliphatic carbocycles. The molecule has 2 fully saturated rings. The molecule has 1 saturated heterocycles. The van der Waals surface area contributed by atoms with Crippen molar-refractivity contribution in [3.8, 4) is 0 Å². The second kappa shape index (κ2) is 6.56. The SMILES string of the molecule is O=C1NCCCCC1Sc1nnnn1C1CCCCC1. The molecule has 0 aromatic carbocycles. The van der Waals surface area contributed by atoms with Crippen LogP contribution in [0.5, 0.6) is 0 Å². The van der Waals surface area contributed by atoms with E-state index in [1.807, 2.05) is 4.68 Å². The Morgan fingerprint density at radius 3 is 2.75 bits per heavy atom. The fourth-order valence-corrected chi connectivity index (χ4v) is 4.08. The Balaban J connectivity index is 1.70. The number of nitrogens with zero attached hydrogens (tertiary/aromatic N) is 4. The first kappa shape index (κ1) is 13.9. The molecule has 1 aromatic heterocycles. The van der Waals surface area contributed by atoms with E-state index in [1.165, 1.54) is 31.0 Å². The summed E-state index contributed by atoms with van der Waals surface area (Å²) in [5, 5.41) is 15.8. The second-order valence-electron chi connectivity index (χ2n) is 5.59. The fourth-order valence-electron chi connectivity index (χ4n) is 2.97. The molecule has 110 valence electrons. The summed E-state index contributed by atoms with van der Waals surface area (Å²) in [6, 6.07) is 0.412. The molecule has 3 rings (SSSR count). The molecule has 0 spiro atoms. The molecular formula is C13H21N5OS. The van der Waals surface area contributed by atoms with Crippen molar-refractivity contribution in [2.24, 2.45) is 0 Å². The van der Waals surface area contributed by atoms with Crippen LogP contribution in [0.25, 0.3) is 0 Å². The number of amides is 1. The van der Waals surface area contributed by atoms with E-state index in [2.05, 4.69) is 20.8 Å². The minimum absolute atomic E-state index is 0.0501. The molecule has 2 heterocycles. The molecular weight excluding hydrogens is 274 g/mol. The second-order valence-corrected chi connectivity index (χ2v) is 6.76. The number of hydrogen-bond donors (Lipinski definition) is 1. The number of tetrazole rings is 1. The van der Waals surface area contributed by atoms with E-state index in [0.717, 1.165) is 43.8 Å². The van der Waals surface area contributed by atoms with Crippen LogP contribution in [0.3, 0.4) is 0 Å². The molecule has 0 radical (unpaired) electrons. The minimum atomic E-state index is -0.0501. The van der Waals surface area contributed by atoms with Crippen LogP contribution in [0, 0.1) is 0 Å². The van der Waals surface area contributed by atoms with Crippen LogP contribution in [-0.2, 0) is 4.79 Å². The molecule has 6 nitrogen and oxygen atoms in total. The van der Waals surface area contributed by atoms with Gasteiger partial charge in [-0.25, -0.2) is 4.68 Å². The molecule has 1 aromatic rings. The number of carbonyl (C=O) groups excluding carboxylic acids is 1. The molecule has 1 amide bonds. The summed E-state index contributed by atoms with van der Waals surface area (Å²) >= 11 is 1.53. The average Bonchev–Trinajstić information content (AvgIpc) is 2.85. The molecule has 7 heteroatoms. The molecule has 20 heavy (non-hydrogen) atoms. The number of nitrogens with one attached hydrogen (secondary N) is 1. The monoisotopic (exact) mass is 295 g/mol. The summed E-state index contributed by atoms with van der Waals surface area (Å²) in [6.07, 6.45) is 9.17. The highest BCUT2D eigenvalue weighted by Crippen LogP contribution is 2.32. The van der Waals surface area contributed by atoms with Crippen LogP contribution in [0.1, 0.15) is 57.4 Å². The maximum atomic E-state index is 12.0. The van der Waals surface area contributed by atoms with Gasteiger partial charge in [0.05, 0.1) is 11.3 Å².